The number of nitrogens with one attached hydrogen (secondary N) is 1. The predicted octanol–water partition coefficient (Wildman–Crippen LogP) is 4.04. The first-order valence-electron chi connectivity index (χ1n) is 7.86. The molecule has 1 aliphatic rings. The molecule has 20 heavy (non-hydrogen) atoms. The second-order valence-electron chi connectivity index (χ2n) is 7.12. The molecule has 2 heteroatoms. The molecule has 1 fully saturated rings. The zero-order chi connectivity index (χ0) is 14.6. The fraction of sp³-hybridized carbons (Fsp3) is 0.667. The van der Waals surface area contributed by atoms with Crippen molar-refractivity contribution in [2.24, 2.45) is 11.8 Å². The van der Waals surface area contributed by atoms with Crippen LogP contribution in [0.2, 0.25) is 0 Å². The molecule has 0 amide bonds. The summed E-state index contributed by atoms with van der Waals surface area (Å²) in [7, 11) is 1.72. The van der Waals surface area contributed by atoms with Gasteiger partial charge >= 0.3 is 0 Å². The van der Waals surface area contributed by atoms with Gasteiger partial charge in [-0.3, -0.25) is 0 Å². The van der Waals surface area contributed by atoms with E-state index < -0.39 is 0 Å². The molecule has 1 aliphatic carbocycles. The lowest BCUT2D eigenvalue weighted by atomic mass is 9.71. The number of hydrogen-bond acceptors (Lipinski definition) is 2. The van der Waals surface area contributed by atoms with Crippen molar-refractivity contribution in [3.63, 3.8) is 0 Å². The van der Waals surface area contributed by atoms with Gasteiger partial charge in [0, 0.05) is 5.54 Å². The number of ether oxygens (including phenoxy) is 1. The number of aryl methyl sites for hydroxylation is 1. The van der Waals surface area contributed by atoms with Crippen LogP contribution in [0.1, 0.15) is 45.6 Å². The Morgan fingerprint density at radius 3 is 2.25 bits per heavy atom. The SMILES string of the molecule is COc1ccc(CCC2CCC2CNC(C)(C)C)cc1. The molecule has 2 rings (SSSR count). The fourth-order valence-corrected chi connectivity index (χ4v) is 2.87. The van der Waals surface area contributed by atoms with Crippen LogP contribution < -0.4 is 10.1 Å². The lowest BCUT2D eigenvalue weighted by Gasteiger charge is -2.39. The molecule has 1 aromatic carbocycles. The van der Waals surface area contributed by atoms with E-state index in [9.17, 15) is 0 Å². The largest absolute Gasteiger partial charge is 0.497 e. The Morgan fingerprint density at radius 2 is 1.75 bits per heavy atom. The normalized spacial score (nSPS) is 22.4. The maximum atomic E-state index is 5.20. The molecule has 2 atom stereocenters. The number of hydrogen-bond donors (Lipinski definition) is 1. The lowest BCUT2D eigenvalue weighted by molar-refractivity contribution is 0.150. The quantitative estimate of drug-likeness (QED) is 0.846. The maximum Gasteiger partial charge on any atom is 0.118 e. The molecule has 112 valence electrons. The summed E-state index contributed by atoms with van der Waals surface area (Å²) in [6.45, 7) is 7.92. The smallest absolute Gasteiger partial charge is 0.118 e. The molecule has 2 unspecified atom stereocenters. The highest BCUT2D eigenvalue weighted by molar-refractivity contribution is 5.27. The molecular weight excluding hydrogens is 246 g/mol. The number of rotatable bonds is 6. The fourth-order valence-electron chi connectivity index (χ4n) is 2.87. The Bertz CT molecular complexity index is 404. The molecule has 0 spiro atoms. The average Bonchev–Trinajstić information content (AvgIpc) is 2.37. The second kappa shape index (κ2) is 6.62. The van der Waals surface area contributed by atoms with Gasteiger partial charge in [0.2, 0.25) is 0 Å². The third kappa shape index (κ3) is 4.52. The first kappa shape index (κ1) is 15.4. The monoisotopic (exact) mass is 275 g/mol. The zero-order valence-electron chi connectivity index (χ0n) is 13.4. The molecule has 0 aliphatic heterocycles. The van der Waals surface area contributed by atoms with Crippen LogP contribution in [0.3, 0.4) is 0 Å². The molecule has 2 nitrogen and oxygen atoms in total. The molecule has 0 saturated heterocycles. The summed E-state index contributed by atoms with van der Waals surface area (Å²) < 4.78 is 5.20. The average molecular weight is 275 g/mol. The van der Waals surface area contributed by atoms with Gasteiger partial charge < -0.3 is 10.1 Å². The van der Waals surface area contributed by atoms with Gasteiger partial charge in [-0.1, -0.05) is 12.1 Å². The minimum Gasteiger partial charge on any atom is -0.497 e. The van der Waals surface area contributed by atoms with E-state index in [1.165, 1.54) is 37.8 Å². The van der Waals surface area contributed by atoms with Crippen molar-refractivity contribution in [2.45, 2.75) is 52.0 Å². The molecule has 0 heterocycles. The number of methoxy groups -OCH3 is 1. The second-order valence-corrected chi connectivity index (χ2v) is 7.12. The Labute approximate surface area is 123 Å². The summed E-state index contributed by atoms with van der Waals surface area (Å²) >= 11 is 0. The van der Waals surface area contributed by atoms with Crippen molar-refractivity contribution in [1.29, 1.82) is 0 Å². The van der Waals surface area contributed by atoms with E-state index in [1.54, 1.807) is 7.11 Å². The van der Waals surface area contributed by atoms with Crippen LogP contribution in [0.25, 0.3) is 0 Å². The Balaban J connectivity index is 1.73. The van der Waals surface area contributed by atoms with E-state index in [4.69, 9.17) is 4.74 Å². The first-order valence-corrected chi connectivity index (χ1v) is 7.86. The third-order valence-corrected chi connectivity index (χ3v) is 4.43. The summed E-state index contributed by atoms with van der Waals surface area (Å²) in [5.74, 6) is 2.74. The highest BCUT2D eigenvalue weighted by atomic mass is 16.5. The van der Waals surface area contributed by atoms with Crippen LogP contribution in [-0.2, 0) is 6.42 Å². The van der Waals surface area contributed by atoms with Gasteiger partial charge in [-0.05, 0) is 82.5 Å². The molecule has 0 radical (unpaired) electrons. The van der Waals surface area contributed by atoms with Crippen molar-refractivity contribution in [2.75, 3.05) is 13.7 Å². The van der Waals surface area contributed by atoms with Gasteiger partial charge in [-0.2, -0.15) is 0 Å². The van der Waals surface area contributed by atoms with Crippen molar-refractivity contribution in [3.8, 4) is 5.75 Å². The third-order valence-electron chi connectivity index (χ3n) is 4.43. The molecule has 0 bridgehead atoms. The maximum absolute atomic E-state index is 5.20. The molecule has 1 aromatic rings. The van der Waals surface area contributed by atoms with Crippen LogP contribution in [0.4, 0.5) is 0 Å². The minimum absolute atomic E-state index is 0.246. The van der Waals surface area contributed by atoms with Crippen molar-refractivity contribution >= 4 is 0 Å². The van der Waals surface area contributed by atoms with Gasteiger partial charge in [0.15, 0.2) is 0 Å². The van der Waals surface area contributed by atoms with Gasteiger partial charge in [0.25, 0.3) is 0 Å². The predicted molar refractivity (Wildman–Crippen MR) is 85.3 cm³/mol. The Morgan fingerprint density at radius 1 is 1.10 bits per heavy atom. The van der Waals surface area contributed by atoms with Crippen molar-refractivity contribution in [3.05, 3.63) is 29.8 Å². The summed E-state index contributed by atoms with van der Waals surface area (Å²) in [6, 6.07) is 8.52. The van der Waals surface area contributed by atoms with Gasteiger partial charge in [0.1, 0.15) is 5.75 Å². The molecule has 1 N–H and O–H groups in total. The molecule has 1 saturated carbocycles. The number of benzene rings is 1. The van der Waals surface area contributed by atoms with E-state index in [1.807, 2.05) is 0 Å². The van der Waals surface area contributed by atoms with Crippen LogP contribution in [0, 0.1) is 11.8 Å². The summed E-state index contributed by atoms with van der Waals surface area (Å²) in [4.78, 5) is 0. The van der Waals surface area contributed by atoms with E-state index in [2.05, 4.69) is 50.4 Å². The lowest BCUT2D eigenvalue weighted by Crippen LogP contribution is -2.43. The Kier molecular flexibility index (Phi) is 5.09. The van der Waals surface area contributed by atoms with Crippen LogP contribution >= 0.6 is 0 Å². The standard InChI is InChI=1S/C18H29NO/c1-18(2,3)19-13-16-10-9-15(16)8-5-14-6-11-17(20-4)12-7-14/h6-7,11-12,15-16,19H,5,8-10,13H2,1-4H3. The van der Waals surface area contributed by atoms with Gasteiger partial charge in [-0.25, -0.2) is 0 Å². The zero-order valence-corrected chi connectivity index (χ0v) is 13.4. The summed E-state index contributed by atoms with van der Waals surface area (Å²) in [5, 5.41) is 3.65. The van der Waals surface area contributed by atoms with E-state index in [0.717, 1.165) is 17.6 Å². The topological polar surface area (TPSA) is 21.3 Å². The van der Waals surface area contributed by atoms with E-state index in [0.29, 0.717) is 0 Å². The highest BCUT2D eigenvalue weighted by Gasteiger charge is 2.30. The summed E-state index contributed by atoms with van der Waals surface area (Å²) in [6.07, 6.45) is 5.33. The van der Waals surface area contributed by atoms with Crippen molar-refractivity contribution in [1.82, 2.24) is 5.32 Å². The highest BCUT2D eigenvalue weighted by Crippen LogP contribution is 2.37. The van der Waals surface area contributed by atoms with Crippen LogP contribution in [-0.4, -0.2) is 19.2 Å². The first-order chi connectivity index (χ1) is 9.48. The van der Waals surface area contributed by atoms with Gasteiger partial charge in [-0.15, -0.1) is 0 Å². The molecular formula is C18H29NO. The Hall–Kier alpha value is -1.02. The minimum atomic E-state index is 0.246. The van der Waals surface area contributed by atoms with Crippen LogP contribution in [0.15, 0.2) is 24.3 Å². The van der Waals surface area contributed by atoms with E-state index in [-0.39, 0.29) is 5.54 Å². The van der Waals surface area contributed by atoms with Gasteiger partial charge in [0.05, 0.1) is 7.11 Å². The molecule has 0 aromatic heterocycles. The summed E-state index contributed by atoms with van der Waals surface area (Å²) in [5.41, 5.74) is 1.68. The van der Waals surface area contributed by atoms with Crippen molar-refractivity contribution < 1.29 is 4.74 Å². The van der Waals surface area contributed by atoms with E-state index >= 15 is 0 Å². The van der Waals surface area contributed by atoms with Crippen LogP contribution in [0.5, 0.6) is 5.75 Å².